The Bertz CT molecular complexity index is 591. The molecule has 0 bridgehead atoms. The second-order valence-electron chi connectivity index (χ2n) is 6.67. The fraction of sp³-hybridized carbons (Fsp3) is 0.500. The van der Waals surface area contributed by atoms with Crippen molar-refractivity contribution >= 4 is 5.91 Å². The summed E-state index contributed by atoms with van der Waals surface area (Å²) in [6, 6.07) is 7.51. The Hall–Kier alpha value is -1.79. The number of nitrogens with one attached hydrogen (secondary N) is 1. The fourth-order valence-corrected chi connectivity index (χ4v) is 2.77. The molecule has 112 valence electrons. The first-order valence-electron chi connectivity index (χ1n) is 7.32. The van der Waals surface area contributed by atoms with Crippen LogP contribution >= 0.6 is 0 Å². The largest absolute Gasteiger partial charge is 0.395 e. The number of benzene rings is 1. The zero-order valence-electron chi connectivity index (χ0n) is 13.2. The molecule has 0 atom stereocenters. The predicted octanol–water partition coefficient (Wildman–Crippen LogP) is 2.58. The summed E-state index contributed by atoms with van der Waals surface area (Å²) in [5.74, 6) is 5.75. The highest BCUT2D eigenvalue weighted by Crippen LogP contribution is 2.62. The lowest BCUT2D eigenvalue weighted by Gasteiger charge is -2.08. The first-order valence-corrected chi connectivity index (χ1v) is 7.32. The molecular formula is C18H23NO2. The lowest BCUT2D eigenvalue weighted by molar-refractivity contribution is 0.0943. The molecule has 3 heteroatoms. The van der Waals surface area contributed by atoms with Crippen molar-refractivity contribution in [2.45, 2.75) is 40.2 Å². The third kappa shape index (κ3) is 2.82. The van der Waals surface area contributed by atoms with Gasteiger partial charge in [0.2, 0.25) is 0 Å². The third-order valence-corrected chi connectivity index (χ3v) is 4.93. The van der Waals surface area contributed by atoms with Crippen molar-refractivity contribution < 1.29 is 9.90 Å². The Balaban J connectivity index is 2.16. The van der Waals surface area contributed by atoms with E-state index in [9.17, 15) is 4.79 Å². The lowest BCUT2D eigenvalue weighted by Crippen LogP contribution is -2.30. The van der Waals surface area contributed by atoms with Gasteiger partial charge in [-0.1, -0.05) is 51.7 Å². The lowest BCUT2D eigenvalue weighted by atomic mass is 10.0. The van der Waals surface area contributed by atoms with Gasteiger partial charge in [-0.25, -0.2) is 0 Å². The summed E-state index contributed by atoms with van der Waals surface area (Å²) in [5, 5.41) is 11.9. The van der Waals surface area contributed by atoms with Gasteiger partial charge in [-0.05, 0) is 23.0 Å². The van der Waals surface area contributed by atoms with E-state index in [-0.39, 0.29) is 29.4 Å². The summed E-state index contributed by atoms with van der Waals surface area (Å²) in [6.07, 6.45) is 0.415. The Kier molecular flexibility index (Phi) is 4.11. The molecule has 0 saturated heterocycles. The maximum atomic E-state index is 12.5. The van der Waals surface area contributed by atoms with Crippen LogP contribution in [0.5, 0.6) is 0 Å². The van der Waals surface area contributed by atoms with Gasteiger partial charge < -0.3 is 10.4 Å². The van der Waals surface area contributed by atoms with Crippen LogP contribution in [0, 0.1) is 22.7 Å². The summed E-state index contributed by atoms with van der Waals surface area (Å²) in [7, 11) is 0. The topological polar surface area (TPSA) is 49.3 Å². The van der Waals surface area contributed by atoms with Crippen molar-refractivity contribution in [3.05, 3.63) is 35.4 Å². The summed E-state index contributed by atoms with van der Waals surface area (Å²) >= 11 is 0. The molecule has 0 radical (unpaired) electrons. The zero-order chi connectivity index (χ0) is 15.7. The molecular weight excluding hydrogens is 262 g/mol. The smallest absolute Gasteiger partial charge is 0.252 e. The van der Waals surface area contributed by atoms with Crippen LogP contribution in [0.25, 0.3) is 0 Å². The van der Waals surface area contributed by atoms with E-state index in [0.29, 0.717) is 17.5 Å². The number of amides is 1. The number of rotatable bonds is 3. The van der Waals surface area contributed by atoms with Gasteiger partial charge in [0, 0.05) is 18.0 Å². The number of aliphatic hydroxyl groups excluding tert-OH is 1. The predicted molar refractivity (Wildman–Crippen MR) is 83.8 cm³/mol. The molecule has 0 spiro atoms. The third-order valence-electron chi connectivity index (χ3n) is 4.93. The van der Waals surface area contributed by atoms with Gasteiger partial charge in [0.1, 0.15) is 0 Å². The molecule has 2 rings (SSSR count). The molecule has 1 aromatic rings. The van der Waals surface area contributed by atoms with Crippen molar-refractivity contribution in [1.82, 2.24) is 5.32 Å². The van der Waals surface area contributed by atoms with Crippen molar-refractivity contribution in [2.75, 3.05) is 6.61 Å². The number of carbonyl (C=O) groups is 1. The zero-order valence-corrected chi connectivity index (χ0v) is 13.2. The molecule has 1 aromatic carbocycles. The molecule has 1 fully saturated rings. The second kappa shape index (κ2) is 5.54. The summed E-state index contributed by atoms with van der Waals surface area (Å²) in [4.78, 5) is 12.5. The molecule has 0 heterocycles. The van der Waals surface area contributed by atoms with Crippen molar-refractivity contribution in [1.29, 1.82) is 0 Å². The highest BCUT2D eigenvalue weighted by Gasteiger charge is 2.65. The van der Waals surface area contributed by atoms with E-state index in [4.69, 9.17) is 5.11 Å². The molecule has 3 nitrogen and oxygen atoms in total. The highest BCUT2D eigenvalue weighted by atomic mass is 16.2. The standard InChI is InChI=1S/C18H23NO2/c1-17(2)16(18(17,3)4)19-15(21)14-11-6-5-9-13(14)10-7-8-12-20/h5-6,9,11,16,20H,8,12H2,1-4H3,(H,19,21). The SMILES string of the molecule is CC1(C)C(NC(=O)c2ccccc2C#CCCO)C1(C)C. The van der Waals surface area contributed by atoms with Crippen LogP contribution in [0.3, 0.4) is 0 Å². The Morgan fingerprint density at radius 1 is 1.24 bits per heavy atom. The van der Waals surface area contributed by atoms with Gasteiger partial charge in [0.15, 0.2) is 0 Å². The van der Waals surface area contributed by atoms with Gasteiger partial charge >= 0.3 is 0 Å². The van der Waals surface area contributed by atoms with Gasteiger partial charge in [0.25, 0.3) is 5.91 Å². The quantitative estimate of drug-likeness (QED) is 0.839. The molecule has 1 aliphatic rings. The van der Waals surface area contributed by atoms with Crippen molar-refractivity contribution in [3.8, 4) is 11.8 Å². The molecule has 2 N–H and O–H groups in total. The molecule has 21 heavy (non-hydrogen) atoms. The number of hydrogen-bond donors (Lipinski definition) is 2. The fourth-order valence-electron chi connectivity index (χ4n) is 2.77. The van der Waals surface area contributed by atoms with E-state index in [0.717, 1.165) is 0 Å². The minimum Gasteiger partial charge on any atom is -0.395 e. The van der Waals surface area contributed by atoms with Gasteiger partial charge in [-0.15, -0.1) is 0 Å². The summed E-state index contributed by atoms with van der Waals surface area (Å²) in [5.41, 5.74) is 1.53. The van der Waals surface area contributed by atoms with E-state index in [1.165, 1.54) is 0 Å². The minimum atomic E-state index is -0.0763. The average molecular weight is 285 g/mol. The van der Waals surface area contributed by atoms with Crippen molar-refractivity contribution in [3.63, 3.8) is 0 Å². The Labute approximate surface area is 126 Å². The number of carbonyl (C=O) groups excluding carboxylic acids is 1. The van der Waals surface area contributed by atoms with Crippen LogP contribution in [0.15, 0.2) is 24.3 Å². The van der Waals surface area contributed by atoms with Crippen molar-refractivity contribution in [2.24, 2.45) is 10.8 Å². The van der Waals surface area contributed by atoms with Crippen LogP contribution < -0.4 is 5.32 Å². The molecule has 1 amide bonds. The average Bonchev–Trinajstić information content (AvgIpc) is 2.82. The number of hydrogen-bond acceptors (Lipinski definition) is 2. The molecule has 0 aromatic heterocycles. The van der Waals surface area contributed by atoms with E-state index >= 15 is 0 Å². The maximum absolute atomic E-state index is 12.5. The highest BCUT2D eigenvalue weighted by molar-refractivity contribution is 5.97. The Morgan fingerprint density at radius 3 is 2.43 bits per heavy atom. The van der Waals surface area contributed by atoms with E-state index in [1.54, 1.807) is 6.07 Å². The minimum absolute atomic E-state index is 0.0335. The molecule has 0 aliphatic heterocycles. The normalized spacial score (nSPS) is 18.5. The van der Waals surface area contributed by atoms with E-state index < -0.39 is 0 Å². The van der Waals surface area contributed by atoms with Crippen LogP contribution in [0.2, 0.25) is 0 Å². The first kappa shape index (κ1) is 15.6. The van der Waals surface area contributed by atoms with Crippen LogP contribution in [0.1, 0.15) is 50.0 Å². The molecule has 1 aliphatic carbocycles. The summed E-state index contributed by atoms with van der Waals surface area (Å²) in [6.45, 7) is 8.72. The van der Waals surface area contributed by atoms with Gasteiger partial charge in [-0.2, -0.15) is 0 Å². The van der Waals surface area contributed by atoms with E-state index in [1.807, 2.05) is 18.2 Å². The van der Waals surface area contributed by atoms with Gasteiger partial charge in [-0.3, -0.25) is 4.79 Å². The first-order chi connectivity index (χ1) is 9.82. The summed E-state index contributed by atoms with van der Waals surface area (Å²) < 4.78 is 0. The molecule has 0 unspecified atom stereocenters. The Morgan fingerprint density at radius 2 is 1.86 bits per heavy atom. The monoisotopic (exact) mass is 285 g/mol. The van der Waals surface area contributed by atoms with E-state index in [2.05, 4.69) is 44.9 Å². The van der Waals surface area contributed by atoms with Gasteiger partial charge in [0.05, 0.1) is 12.2 Å². The van der Waals surface area contributed by atoms with Crippen LogP contribution in [-0.2, 0) is 0 Å². The second-order valence-corrected chi connectivity index (χ2v) is 6.67. The van der Waals surface area contributed by atoms with Crippen LogP contribution in [0.4, 0.5) is 0 Å². The molecule has 1 saturated carbocycles. The maximum Gasteiger partial charge on any atom is 0.252 e. The van der Waals surface area contributed by atoms with Crippen LogP contribution in [-0.4, -0.2) is 23.7 Å². The number of aliphatic hydroxyl groups is 1.